The molecular formula is C13H7ClF5N. The molecule has 0 amide bonds. The van der Waals surface area contributed by atoms with Crippen molar-refractivity contribution in [2.45, 2.75) is 6.18 Å². The Labute approximate surface area is 115 Å². The Morgan fingerprint density at radius 2 is 1.70 bits per heavy atom. The molecule has 0 atom stereocenters. The number of alkyl halides is 3. The zero-order valence-corrected chi connectivity index (χ0v) is 10.5. The van der Waals surface area contributed by atoms with Crippen molar-refractivity contribution in [3.63, 3.8) is 0 Å². The van der Waals surface area contributed by atoms with Crippen LogP contribution in [0.1, 0.15) is 5.56 Å². The first-order chi connectivity index (χ1) is 9.21. The topological polar surface area (TPSA) is 26.0 Å². The second-order valence-corrected chi connectivity index (χ2v) is 4.43. The van der Waals surface area contributed by atoms with Gasteiger partial charge in [0.1, 0.15) is 0 Å². The molecule has 1 nitrogen and oxygen atoms in total. The Morgan fingerprint density at radius 1 is 1.05 bits per heavy atom. The number of hydrogen-bond acceptors (Lipinski definition) is 1. The van der Waals surface area contributed by atoms with Crippen LogP contribution in [0.3, 0.4) is 0 Å². The van der Waals surface area contributed by atoms with Gasteiger partial charge in [0.2, 0.25) is 0 Å². The molecule has 2 rings (SSSR count). The van der Waals surface area contributed by atoms with Crippen molar-refractivity contribution < 1.29 is 22.0 Å². The van der Waals surface area contributed by atoms with Crippen molar-refractivity contribution in [2.75, 3.05) is 5.73 Å². The van der Waals surface area contributed by atoms with Crippen molar-refractivity contribution in [3.8, 4) is 11.1 Å². The van der Waals surface area contributed by atoms with Gasteiger partial charge in [-0.25, -0.2) is 8.78 Å². The monoisotopic (exact) mass is 307 g/mol. The van der Waals surface area contributed by atoms with E-state index >= 15 is 0 Å². The van der Waals surface area contributed by atoms with Gasteiger partial charge in [0.05, 0.1) is 16.3 Å². The van der Waals surface area contributed by atoms with E-state index in [4.69, 9.17) is 17.3 Å². The minimum absolute atomic E-state index is 0.200. The van der Waals surface area contributed by atoms with Crippen molar-refractivity contribution in [3.05, 3.63) is 52.6 Å². The van der Waals surface area contributed by atoms with Gasteiger partial charge in [0.15, 0.2) is 11.6 Å². The predicted octanol–water partition coefficient (Wildman–Crippen LogP) is 4.89. The quantitative estimate of drug-likeness (QED) is 0.589. The lowest BCUT2D eigenvalue weighted by atomic mass is 10.0. The number of rotatable bonds is 1. The van der Waals surface area contributed by atoms with Crippen molar-refractivity contribution in [1.29, 1.82) is 0 Å². The molecule has 20 heavy (non-hydrogen) atoms. The van der Waals surface area contributed by atoms with E-state index in [1.807, 2.05) is 0 Å². The van der Waals surface area contributed by atoms with E-state index in [1.165, 1.54) is 6.07 Å². The van der Waals surface area contributed by atoms with Crippen LogP contribution in [0.2, 0.25) is 5.02 Å². The second-order valence-electron chi connectivity index (χ2n) is 4.02. The molecule has 0 aliphatic rings. The molecule has 0 heterocycles. The molecule has 106 valence electrons. The van der Waals surface area contributed by atoms with E-state index in [2.05, 4.69) is 0 Å². The van der Waals surface area contributed by atoms with Gasteiger partial charge < -0.3 is 5.73 Å². The molecule has 0 saturated heterocycles. The van der Waals surface area contributed by atoms with Crippen LogP contribution in [0, 0.1) is 11.6 Å². The first kappa shape index (κ1) is 14.6. The lowest BCUT2D eigenvalue weighted by Crippen LogP contribution is -2.09. The minimum atomic E-state index is -4.74. The Balaban J connectivity index is 2.71. The van der Waals surface area contributed by atoms with Crippen LogP contribution >= 0.6 is 11.6 Å². The normalized spacial score (nSPS) is 11.7. The van der Waals surface area contributed by atoms with Gasteiger partial charge in [0, 0.05) is 5.56 Å². The van der Waals surface area contributed by atoms with Crippen LogP contribution in [-0.2, 0) is 6.18 Å². The van der Waals surface area contributed by atoms with Crippen molar-refractivity contribution in [1.82, 2.24) is 0 Å². The summed E-state index contributed by atoms with van der Waals surface area (Å²) in [6.07, 6.45) is -4.74. The van der Waals surface area contributed by atoms with Crippen molar-refractivity contribution >= 4 is 17.3 Å². The molecule has 7 heteroatoms. The summed E-state index contributed by atoms with van der Waals surface area (Å²) >= 11 is 5.63. The molecule has 0 spiro atoms. The van der Waals surface area contributed by atoms with Crippen LogP contribution in [-0.4, -0.2) is 0 Å². The Bertz CT molecular complexity index is 667. The van der Waals surface area contributed by atoms with Crippen LogP contribution < -0.4 is 5.73 Å². The van der Waals surface area contributed by atoms with Crippen LogP contribution in [0.4, 0.5) is 27.6 Å². The van der Waals surface area contributed by atoms with E-state index in [0.29, 0.717) is 6.07 Å². The number of benzene rings is 2. The molecule has 2 aromatic carbocycles. The SMILES string of the molecule is Nc1c(Cl)cc(-c2cccc(F)c2F)cc1C(F)(F)F. The van der Waals surface area contributed by atoms with E-state index in [-0.39, 0.29) is 16.1 Å². The smallest absolute Gasteiger partial charge is 0.397 e. The summed E-state index contributed by atoms with van der Waals surface area (Å²) in [7, 11) is 0. The fourth-order valence-electron chi connectivity index (χ4n) is 1.73. The fourth-order valence-corrected chi connectivity index (χ4v) is 1.95. The molecule has 2 N–H and O–H groups in total. The summed E-state index contributed by atoms with van der Waals surface area (Å²) in [6, 6.07) is 4.90. The molecule has 0 bridgehead atoms. The number of nitrogen functional groups attached to an aromatic ring is 1. The number of hydrogen-bond donors (Lipinski definition) is 1. The van der Waals surface area contributed by atoms with Gasteiger partial charge in [-0.05, 0) is 23.8 Å². The summed E-state index contributed by atoms with van der Waals surface area (Å²) in [5.74, 6) is -2.41. The number of anilines is 1. The Kier molecular flexibility index (Phi) is 3.60. The molecule has 0 radical (unpaired) electrons. The zero-order valence-electron chi connectivity index (χ0n) is 9.73. The average molecular weight is 308 g/mol. The fraction of sp³-hybridized carbons (Fsp3) is 0.0769. The summed E-state index contributed by atoms with van der Waals surface area (Å²) in [6.45, 7) is 0. The maximum atomic E-state index is 13.6. The molecule has 0 unspecified atom stereocenters. The van der Waals surface area contributed by atoms with Gasteiger partial charge in [-0.2, -0.15) is 13.2 Å². The highest BCUT2D eigenvalue weighted by Crippen LogP contribution is 2.40. The van der Waals surface area contributed by atoms with E-state index < -0.39 is 29.1 Å². The summed E-state index contributed by atoms with van der Waals surface area (Å²) in [5.41, 5.74) is 2.90. The maximum absolute atomic E-state index is 13.6. The molecular weight excluding hydrogens is 301 g/mol. The van der Waals surface area contributed by atoms with Gasteiger partial charge in [-0.3, -0.25) is 0 Å². The van der Waals surface area contributed by atoms with Gasteiger partial charge in [-0.15, -0.1) is 0 Å². The third-order valence-electron chi connectivity index (χ3n) is 2.70. The lowest BCUT2D eigenvalue weighted by molar-refractivity contribution is -0.136. The highest BCUT2D eigenvalue weighted by atomic mass is 35.5. The molecule has 0 aromatic heterocycles. The molecule has 0 fully saturated rings. The van der Waals surface area contributed by atoms with Crippen molar-refractivity contribution in [2.24, 2.45) is 0 Å². The standard InChI is InChI=1S/C13H7ClF5N/c14-9-5-6(4-8(12(9)20)13(17,18)19)7-2-1-3-10(15)11(7)16/h1-5H,20H2. The molecule has 0 aliphatic heterocycles. The van der Waals surface area contributed by atoms with Crippen LogP contribution in [0.5, 0.6) is 0 Å². The lowest BCUT2D eigenvalue weighted by Gasteiger charge is -2.14. The first-order valence-corrected chi connectivity index (χ1v) is 5.70. The van der Waals surface area contributed by atoms with E-state index in [9.17, 15) is 22.0 Å². The zero-order chi connectivity index (χ0) is 15.1. The number of halogens is 6. The highest BCUT2D eigenvalue weighted by Gasteiger charge is 2.34. The van der Waals surface area contributed by atoms with E-state index in [0.717, 1.165) is 18.2 Å². The average Bonchev–Trinajstić information content (AvgIpc) is 2.34. The van der Waals surface area contributed by atoms with Gasteiger partial charge in [0.25, 0.3) is 0 Å². The maximum Gasteiger partial charge on any atom is 0.418 e. The summed E-state index contributed by atoms with van der Waals surface area (Å²) in [5, 5.41) is -0.376. The molecule has 0 saturated carbocycles. The van der Waals surface area contributed by atoms with Crippen LogP contribution in [0.25, 0.3) is 11.1 Å². The summed E-state index contributed by atoms with van der Waals surface area (Å²) < 4.78 is 65.1. The minimum Gasteiger partial charge on any atom is -0.397 e. The summed E-state index contributed by atoms with van der Waals surface area (Å²) in [4.78, 5) is 0. The Morgan fingerprint density at radius 3 is 2.30 bits per heavy atom. The van der Waals surface area contributed by atoms with Gasteiger partial charge in [-0.1, -0.05) is 23.7 Å². The number of nitrogens with two attached hydrogens (primary N) is 1. The van der Waals surface area contributed by atoms with Gasteiger partial charge >= 0.3 is 6.18 Å². The second kappa shape index (κ2) is 4.94. The van der Waals surface area contributed by atoms with E-state index in [1.54, 1.807) is 0 Å². The molecule has 2 aromatic rings. The highest BCUT2D eigenvalue weighted by molar-refractivity contribution is 6.33. The third-order valence-corrected chi connectivity index (χ3v) is 3.01. The predicted molar refractivity (Wildman–Crippen MR) is 66.2 cm³/mol. The largest absolute Gasteiger partial charge is 0.418 e. The first-order valence-electron chi connectivity index (χ1n) is 5.32. The van der Waals surface area contributed by atoms with Crippen LogP contribution in [0.15, 0.2) is 30.3 Å². The molecule has 0 aliphatic carbocycles. The Hall–Kier alpha value is -1.82. The third kappa shape index (κ3) is 2.56.